The second kappa shape index (κ2) is 8.29. The lowest BCUT2D eigenvalue weighted by Gasteiger charge is -2.17. The molecule has 0 aliphatic carbocycles. The second-order valence-electron chi connectivity index (χ2n) is 6.34. The van der Waals surface area contributed by atoms with Crippen LogP contribution in [0.15, 0.2) is 53.4 Å². The zero-order chi connectivity index (χ0) is 19.4. The van der Waals surface area contributed by atoms with E-state index in [4.69, 9.17) is 21.4 Å². The maximum Gasteiger partial charge on any atom is 0.260 e. The summed E-state index contributed by atoms with van der Waals surface area (Å²) in [5, 5.41) is 8.86. The van der Waals surface area contributed by atoms with Crippen LogP contribution in [0.1, 0.15) is 12.0 Å². The van der Waals surface area contributed by atoms with Crippen molar-refractivity contribution in [1.29, 1.82) is 0 Å². The summed E-state index contributed by atoms with van der Waals surface area (Å²) in [4.78, 5) is 14.1. The molecule has 1 aliphatic heterocycles. The van der Waals surface area contributed by atoms with Gasteiger partial charge in [-0.25, -0.2) is 8.42 Å². The first-order valence-corrected chi connectivity index (χ1v) is 10.4. The van der Waals surface area contributed by atoms with Crippen LogP contribution in [0.5, 0.6) is 5.75 Å². The van der Waals surface area contributed by atoms with Crippen molar-refractivity contribution in [3.8, 4) is 5.75 Å². The molecule has 0 bridgehead atoms. The van der Waals surface area contributed by atoms with Gasteiger partial charge in [0, 0.05) is 18.1 Å². The number of hydrogen-bond donors (Lipinski definition) is 1. The van der Waals surface area contributed by atoms with E-state index < -0.39 is 15.1 Å². The molecule has 1 saturated heterocycles. The number of ether oxygens (including phenoxy) is 1. The predicted molar refractivity (Wildman–Crippen MR) is 101 cm³/mol. The minimum Gasteiger partial charge on any atom is -0.484 e. The number of amides is 1. The van der Waals surface area contributed by atoms with Crippen LogP contribution in [0.4, 0.5) is 0 Å². The van der Waals surface area contributed by atoms with Crippen LogP contribution in [-0.4, -0.2) is 49.3 Å². The van der Waals surface area contributed by atoms with Crippen molar-refractivity contribution in [2.24, 2.45) is 0 Å². The van der Waals surface area contributed by atoms with Crippen LogP contribution < -0.4 is 4.74 Å². The molecule has 0 spiro atoms. The maximum atomic E-state index is 12.7. The van der Waals surface area contributed by atoms with Gasteiger partial charge < -0.3 is 14.7 Å². The summed E-state index contributed by atoms with van der Waals surface area (Å²) < 4.78 is 30.9. The number of aliphatic hydroxyl groups is 1. The predicted octanol–water partition coefficient (Wildman–Crippen LogP) is 2.29. The van der Waals surface area contributed by atoms with Gasteiger partial charge >= 0.3 is 0 Å². The fraction of sp³-hybridized carbons (Fsp3) is 0.316. The first kappa shape index (κ1) is 19.7. The Morgan fingerprint density at radius 2 is 1.81 bits per heavy atom. The Morgan fingerprint density at radius 1 is 1.15 bits per heavy atom. The fourth-order valence-electron chi connectivity index (χ4n) is 2.95. The highest BCUT2D eigenvalue weighted by molar-refractivity contribution is 7.92. The molecule has 1 aliphatic rings. The van der Waals surface area contributed by atoms with E-state index in [-0.39, 0.29) is 30.6 Å². The molecule has 144 valence electrons. The number of carbonyl (C=O) groups excluding carboxylic acids is 1. The van der Waals surface area contributed by atoms with Crippen molar-refractivity contribution in [2.45, 2.75) is 23.2 Å². The third-order valence-electron chi connectivity index (χ3n) is 4.55. The number of halogens is 1. The molecule has 0 saturated carbocycles. The lowest BCUT2D eigenvalue weighted by molar-refractivity contribution is -0.132. The molecule has 0 aromatic heterocycles. The average molecular weight is 410 g/mol. The van der Waals surface area contributed by atoms with Gasteiger partial charge in [-0.1, -0.05) is 23.7 Å². The van der Waals surface area contributed by atoms with Gasteiger partial charge in [-0.15, -0.1) is 0 Å². The molecule has 6 nitrogen and oxygen atoms in total. The molecule has 1 N–H and O–H groups in total. The van der Waals surface area contributed by atoms with Gasteiger partial charge in [0.25, 0.3) is 5.91 Å². The first-order valence-electron chi connectivity index (χ1n) is 8.50. The molecular formula is C19H20ClNO5S. The molecule has 3 rings (SSSR count). The minimum atomic E-state index is -3.51. The van der Waals surface area contributed by atoms with E-state index in [1.807, 2.05) is 0 Å². The number of likely N-dealkylation sites (tertiary alicyclic amines) is 1. The van der Waals surface area contributed by atoms with Crippen LogP contribution in [0.25, 0.3) is 0 Å². The van der Waals surface area contributed by atoms with Crippen molar-refractivity contribution < 1.29 is 23.1 Å². The lowest BCUT2D eigenvalue weighted by Crippen LogP contribution is -2.35. The van der Waals surface area contributed by atoms with E-state index >= 15 is 0 Å². The van der Waals surface area contributed by atoms with E-state index in [2.05, 4.69) is 0 Å². The molecule has 8 heteroatoms. The molecule has 1 atom stereocenters. The second-order valence-corrected chi connectivity index (χ2v) is 9.00. The van der Waals surface area contributed by atoms with Gasteiger partial charge in [0.05, 0.1) is 16.8 Å². The summed E-state index contributed by atoms with van der Waals surface area (Å²) in [6.45, 7) is 0.308. The molecule has 1 unspecified atom stereocenters. The summed E-state index contributed by atoms with van der Waals surface area (Å²) >= 11 is 5.81. The third-order valence-corrected chi connectivity index (χ3v) is 6.99. The van der Waals surface area contributed by atoms with Gasteiger partial charge in [-0.3, -0.25) is 4.79 Å². The number of benzene rings is 2. The third kappa shape index (κ3) is 4.61. The molecule has 1 amide bonds. The Morgan fingerprint density at radius 3 is 2.44 bits per heavy atom. The molecule has 1 heterocycles. The number of nitrogens with zero attached hydrogens (tertiary/aromatic N) is 1. The van der Waals surface area contributed by atoms with Crippen LogP contribution >= 0.6 is 11.6 Å². The smallest absolute Gasteiger partial charge is 0.260 e. The van der Waals surface area contributed by atoms with Crippen LogP contribution in [0, 0.1) is 0 Å². The zero-order valence-corrected chi connectivity index (χ0v) is 16.1. The Kier molecular flexibility index (Phi) is 6.04. The van der Waals surface area contributed by atoms with Gasteiger partial charge in [-0.2, -0.15) is 0 Å². The highest BCUT2D eigenvalue weighted by Gasteiger charge is 2.36. The van der Waals surface area contributed by atoms with Gasteiger partial charge in [-0.05, 0) is 48.4 Å². The van der Waals surface area contributed by atoms with Crippen LogP contribution in [-0.2, 0) is 21.2 Å². The SMILES string of the molecule is O=C(COc1ccc(CO)cc1)N1CCC(S(=O)(=O)c2ccc(Cl)cc2)C1. The highest BCUT2D eigenvalue weighted by Crippen LogP contribution is 2.25. The number of sulfone groups is 1. The van der Waals surface area contributed by atoms with Crippen LogP contribution in [0.3, 0.4) is 0 Å². The Balaban J connectivity index is 1.58. The molecule has 27 heavy (non-hydrogen) atoms. The van der Waals surface area contributed by atoms with Crippen molar-refractivity contribution in [3.63, 3.8) is 0 Å². The summed E-state index contributed by atoms with van der Waals surface area (Å²) in [6, 6.07) is 12.8. The maximum absolute atomic E-state index is 12.7. The standard InChI is InChI=1S/C19H20ClNO5S/c20-15-3-7-17(8-4-15)27(24,25)18-9-10-21(11-18)19(23)13-26-16-5-1-14(12-22)2-6-16/h1-8,18,22H,9-13H2. The average Bonchev–Trinajstić information content (AvgIpc) is 3.18. The fourth-order valence-corrected chi connectivity index (χ4v) is 4.77. The Labute approximate surface area is 163 Å². The highest BCUT2D eigenvalue weighted by atomic mass is 35.5. The Hall–Kier alpha value is -2.09. The molecular weight excluding hydrogens is 390 g/mol. The topological polar surface area (TPSA) is 83.9 Å². The van der Waals surface area contributed by atoms with E-state index in [0.29, 0.717) is 23.7 Å². The van der Waals surface area contributed by atoms with Crippen molar-refractivity contribution >= 4 is 27.3 Å². The van der Waals surface area contributed by atoms with E-state index in [1.54, 1.807) is 36.4 Å². The number of hydrogen-bond acceptors (Lipinski definition) is 5. The van der Waals surface area contributed by atoms with E-state index in [1.165, 1.54) is 17.0 Å². The molecule has 2 aromatic rings. The first-order chi connectivity index (χ1) is 12.9. The molecule has 1 fully saturated rings. The number of rotatable bonds is 6. The number of carbonyl (C=O) groups is 1. The van der Waals surface area contributed by atoms with E-state index in [9.17, 15) is 13.2 Å². The summed E-state index contributed by atoms with van der Waals surface area (Å²) in [5.74, 6) is 0.264. The van der Waals surface area contributed by atoms with Crippen LogP contribution in [0.2, 0.25) is 5.02 Å². The van der Waals surface area contributed by atoms with Gasteiger partial charge in [0.2, 0.25) is 0 Å². The summed E-state index contributed by atoms with van der Waals surface area (Å²) in [6.07, 6.45) is 0.391. The largest absolute Gasteiger partial charge is 0.484 e. The Bertz CT molecular complexity index is 897. The van der Waals surface area contributed by atoms with Crippen molar-refractivity contribution in [1.82, 2.24) is 4.90 Å². The zero-order valence-electron chi connectivity index (χ0n) is 14.5. The monoisotopic (exact) mass is 409 g/mol. The van der Waals surface area contributed by atoms with Crippen molar-refractivity contribution in [3.05, 3.63) is 59.1 Å². The van der Waals surface area contributed by atoms with Gasteiger partial charge in [0.1, 0.15) is 5.75 Å². The molecule has 2 aromatic carbocycles. The van der Waals surface area contributed by atoms with Crippen molar-refractivity contribution in [2.75, 3.05) is 19.7 Å². The van der Waals surface area contributed by atoms with Gasteiger partial charge in [0.15, 0.2) is 16.4 Å². The lowest BCUT2D eigenvalue weighted by atomic mass is 10.2. The molecule has 0 radical (unpaired) electrons. The quantitative estimate of drug-likeness (QED) is 0.791. The summed E-state index contributed by atoms with van der Waals surface area (Å²) in [5.41, 5.74) is 0.753. The number of aliphatic hydroxyl groups excluding tert-OH is 1. The van der Waals surface area contributed by atoms with E-state index in [0.717, 1.165) is 5.56 Å². The normalized spacial score (nSPS) is 17.1. The summed E-state index contributed by atoms with van der Waals surface area (Å²) in [7, 11) is -3.51. The minimum absolute atomic E-state index is 0.0591.